The number of nitrogens with one attached hydrogen (secondary N) is 6. The van der Waals surface area contributed by atoms with Crippen LogP contribution in [0.15, 0.2) is 237 Å². The number of rotatable bonds is 33. The summed E-state index contributed by atoms with van der Waals surface area (Å²) in [6.45, 7) is -0.928. The average Bonchev–Trinajstić information content (AvgIpc) is 0.763. The molecule has 0 saturated carbocycles. The Bertz CT molecular complexity index is 3760. The summed E-state index contributed by atoms with van der Waals surface area (Å²) in [5, 5.41) is 68.4. The van der Waals surface area contributed by atoms with Crippen LogP contribution in [0, 0.1) is 0 Å². The summed E-state index contributed by atoms with van der Waals surface area (Å²) in [4.78, 5) is 101. The number of amides is 7. The zero-order chi connectivity index (χ0) is 71.2. The molecule has 24 heteroatoms. The number of aliphatic hydroxyl groups excluding tert-OH is 4. The van der Waals surface area contributed by atoms with E-state index >= 15 is 9.59 Å². The summed E-state index contributed by atoms with van der Waals surface area (Å²) < 4.78 is 9.51. The Morgan fingerprint density at radius 3 is 1.29 bits per heavy atom. The summed E-state index contributed by atoms with van der Waals surface area (Å²) in [7, 11) is 0. The van der Waals surface area contributed by atoms with Gasteiger partial charge in [-0.25, -0.2) is 0 Å². The predicted octanol–water partition coefficient (Wildman–Crippen LogP) is 3.82. The van der Waals surface area contributed by atoms with Crippen LogP contribution in [0.25, 0.3) is 0 Å². The number of ether oxygens (including phenoxy) is 2. The average molecular weight is 1400 g/mol. The number of hydrogen-bond acceptors (Lipinski definition) is 17. The third-order valence-electron chi connectivity index (χ3n) is 17.1. The number of phenols is 1. The van der Waals surface area contributed by atoms with E-state index in [1.807, 2.05) is 182 Å². The van der Waals surface area contributed by atoms with Gasteiger partial charge in [0.05, 0.1) is 41.3 Å². The maximum Gasteiger partial charge on any atom is 0.245 e. The van der Waals surface area contributed by atoms with Gasteiger partial charge in [-0.2, -0.15) is 0 Å². The number of carbonyl (C=O) groups is 7. The van der Waals surface area contributed by atoms with Crippen molar-refractivity contribution in [1.82, 2.24) is 31.9 Å². The number of benzene rings is 8. The largest absolute Gasteiger partial charge is 0.508 e. The van der Waals surface area contributed by atoms with Crippen LogP contribution in [0.1, 0.15) is 51.4 Å². The molecule has 22 nitrogen and oxygen atoms in total. The Kier molecular flexibility index (Phi) is 26.7. The quantitative estimate of drug-likeness (QED) is 0.0260. The van der Waals surface area contributed by atoms with Crippen LogP contribution in [0.5, 0.6) is 5.75 Å². The SMILES string of the molecule is C[C@@H](O[C@@H]1O[C@H](CO)[C@@H](O)[C@H](O)[C@H]1O)[C@H](NC(=O)[C@@H](CSC(c1ccccc1)(c1ccccc1)c1ccccc1)NC(=O)[C@H](Cc1ccccc1)NC(=O)CNC(=O)[C@@H](CSC(c1ccccc1)(c1ccccc1)c1ccccc1)NC(=O)[C@@H](N)Cc1ccc(O)cc1)C(=O)NCC(N)=O. The lowest BCUT2D eigenvalue weighted by molar-refractivity contribution is -0.311. The van der Waals surface area contributed by atoms with Gasteiger partial charge in [-0.05, 0) is 70.0 Å². The highest BCUT2D eigenvalue weighted by Crippen LogP contribution is 2.50. The fourth-order valence-electron chi connectivity index (χ4n) is 11.8. The van der Waals surface area contributed by atoms with Crippen molar-refractivity contribution in [3.8, 4) is 5.75 Å². The molecule has 1 aliphatic rings. The van der Waals surface area contributed by atoms with Crippen molar-refractivity contribution >= 4 is 64.9 Å². The van der Waals surface area contributed by atoms with Gasteiger partial charge in [0.15, 0.2) is 6.29 Å². The van der Waals surface area contributed by atoms with Crippen LogP contribution >= 0.6 is 23.5 Å². The second-order valence-electron chi connectivity index (χ2n) is 24.0. The molecule has 0 spiro atoms. The Balaban J connectivity index is 1.04. The normalized spacial score (nSPS) is 17.9. The van der Waals surface area contributed by atoms with Crippen molar-refractivity contribution in [3.05, 3.63) is 281 Å². The second-order valence-corrected chi connectivity index (χ2v) is 26.5. The predicted molar refractivity (Wildman–Crippen MR) is 381 cm³/mol. The second kappa shape index (κ2) is 35.9. The zero-order valence-electron chi connectivity index (χ0n) is 54.7. The Morgan fingerprint density at radius 1 is 0.470 bits per heavy atom. The third-order valence-corrected chi connectivity index (χ3v) is 20.3. The summed E-state index contributed by atoms with van der Waals surface area (Å²) in [6.07, 6.45) is -10.4. The molecule has 15 N–H and O–H groups in total. The molecule has 7 amide bonds. The van der Waals surface area contributed by atoms with Crippen molar-refractivity contribution in [1.29, 1.82) is 0 Å². The molecular weight excluding hydrogens is 1310 g/mol. The summed E-state index contributed by atoms with van der Waals surface area (Å²) in [6, 6.07) is 65.0. The smallest absolute Gasteiger partial charge is 0.245 e. The highest BCUT2D eigenvalue weighted by Gasteiger charge is 2.47. The molecule has 1 fully saturated rings. The van der Waals surface area contributed by atoms with E-state index in [2.05, 4.69) is 31.9 Å². The van der Waals surface area contributed by atoms with Gasteiger partial charge in [0.25, 0.3) is 0 Å². The number of aliphatic hydroxyl groups is 4. The minimum Gasteiger partial charge on any atom is -0.508 e. The molecule has 8 aromatic rings. The van der Waals surface area contributed by atoms with E-state index in [4.69, 9.17) is 20.9 Å². The lowest BCUT2D eigenvalue weighted by atomic mass is 9.84. The van der Waals surface area contributed by atoms with Crippen LogP contribution in [0.2, 0.25) is 0 Å². The highest BCUT2D eigenvalue weighted by molar-refractivity contribution is 8.01. The molecule has 9 rings (SSSR count). The molecule has 522 valence electrons. The third kappa shape index (κ3) is 19.0. The fourth-order valence-corrected chi connectivity index (χ4v) is 15.0. The first-order valence-corrected chi connectivity index (χ1v) is 34.5. The molecule has 1 aliphatic heterocycles. The van der Waals surface area contributed by atoms with Gasteiger partial charge in [-0.1, -0.05) is 224 Å². The zero-order valence-corrected chi connectivity index (χ0v) is 56.3. The van der Waals surface area contributed by atoms with Crippen molar-refractivity contribution in [3.63, 3.8) is 0 Å². The van der Waals surface area contributed by atoms with Crippen LogP contribution in [-0.4, -0.2) is 165 Å². The minimum atomic E-state index is -1.93. The number of primary amides is 1. The van der Waals surface area contributed by atoms with Gasteiger partial charge in [0.1, 0.15) is 54.3 Å². The molecule has 8 aromatic carbocycles. The van der Waals surface area contributed by atoms with E-state index in [-0.39, 0.29) is 30.1 Å². The maximum atomic E-state index is 15.5. The first kappa shape index (κ1) is 74.5. The summed E-state index contributed by atoms with van der Waals surface area (Å²) >= 11 is 2.65. The number of aromatic hydroxyl groups is 1. The van der Waals surface area contributed by atoms with E-state index in [1.165, 1.54) is 42.6 Å². The lowest BCUT2D eigenvalue weighted by Crippen LogP contribution is -2.63. The number of phenolic OH excluding ortho intramolecular Hbond substituents is 1. The van der Waals surface area contributed by atoms with Gasteiger partial charge in [0, 0.05) is 17.9 Å². The molecule has 0 aromatic heterocycles. The van der Waals surface area contributed by atoms with Gasteiger partial charge in [-0.15, -0.1) is 23.5 Å². The van der Waals surface area contributed by atoms with E-state index in [1.54, 1.807) is 42.5 Å². The highest BCUT2D eigenvalue weighted by atomic mass is 32.2. The lowest BCUT2D eigenvalue weighted by Gasteiger charge is -2.41. The summed E-state index contributed by atoms with van der Waals surface area (Å²) in [5.74, 6) is -6.47. The first-order chi connectivity index (χ1) is 48.3. The number of hydrogen-bond donors (Lipinski definition) is 13. The van der Waals surface area contributed by atoms with Crippen molar-refractivity contribution in [2.24, 2.45) is 11.5 Å². The Labute approximate surface area is 588 Å². The van der Waals surface area contributed by atoms with Crippen molar-refractivity contribution in [2.75, 3.05) is 31.2 Å². The molecule has 0 radical (unpaired) electrons. The van der Waals surface area contributed by atoms with Crippen LogP contribution in [0.3, 0.4) is 0 Å². The molecular formula is C76H82N8O14S2. The van der Waals surface area contributed by atoms with Crippen LogP contribution in [-0.2, 0) is 65.4 Å². The van der Waals surface area contributed by atoms with E-state index < -0.39 is 138 Å². The van der Waals surface area contributed by atoms with E-state index in [9.17, 15) is 49.5 Å². The Hall–Kier alpha value is -9.73. The molecule has 100 heavy (non-hydrogen) atoms. The fraction of sp³-hybridized carbons (Fsp3) is 0.276. The molecule has 1 heterocycles. The molecule has 1 saturated heterocycles. The van der Waals surface area contributed by atoms with E-state index in [0.717, 1.165) is 33.4 Å². The van der Waals surface area contributed by atoms with E-state index in [0.29, 0.717) is 11.1 Å². The number of thioether (sulfide) groups is 2. The van der Waals surface area contributed by atoms with Crippen LogP contribution < -0.4 is 43.4 Å². The number of nitrogens with two attached hydrogens (primary N) is 2. The molecule has 0 unspecified atom stereocenters. The first-order valence-electron chi connectivity index (χ1n) is 32.5. The minimum absolute atomic E-state index is 0.0225. The van der Waals surface area contributed by atoms with Crippen molar-refractivity contribution < 1.29 is 68.6 Å². The van der Waals surface area contributed by atoms with Crippen LogP contribution in [0.4, 0.5) is 0 Å². The molecule has 11 atom stereocenters. The van der Waals surface area contributed by atoms with Gasteiger partial charge >= 0.3 is 0 Å². The Morgan fingerprint density at radius 2 is 0.860 bits per heavy atom. The molecule has 0 bridgehead atoms. The van der Waals surface area contributed by atoms with Gasteiger partial charge in [-0.3, -0.25) is 33.6 Å². The standard InChI is InChI=1S/C76H82N8O14S2/c1-48(97-74-68(91)67(90)66(89)62(45-85)98-74)65(73(96)79-43-63(78)87)84-72(95)61(47-100-76(54-31-17-6-18-32-54,55-33-19-7-20-34-55)56-35-21-8-22-36-56)83-71(94)59(42-49-23-9-2-10-24-49)81-64(88)44-80-70(93)60(82-69(92)58(77)41-50-37-39-57(86)40-38-50)46-99-75(51-25-11-3-12-26-51,52-27-13-4-14-28-52)53-29-15-5-16-30-53/h2-40,48,58-62,65-68,74,85-86,89-91H,41-47,77H2,1H3,(H2,78,87)(H,79,96)(H,80,93)(H,81,88)(H,82,92)(H,83,94)(H,84,95)/t48-,58+,59+,60-,61-,62-,65+,66-,67+,68-,74-/m1/s1. The maximum absolute atomic E-state index is 15.5. The van der Waals surface area contributed by atoms with Crippen molar-refractivity contribution in [2.45, 2.75) is 96.3 Å². The monoisotopic (exact) mass is 1390 g/mol. The van der Waals surface area contributed by atoms with Gasteiger partial charge in [0.2, 0.25) is 41.4 Å². The number of carbonyl (C=O) groups excluding carboxylic acids is 7. The topological polar surface area (TPSA) is 363 Å². The molecule has 0 aliphatic carbocycles. The van der Waals surface area contributed by atoms with Gasteiger partial charge < -0.3 is 78.4 Å². The summed E-state index contributed by atoms with van der Waals surface area (Å²) in [5.41, 5.74) is 18.2.